The maximum atomic E-state index is 5.99. The molecule has 8 nitrogen and oxygen atoms in total. The quantitative estimate of drug-likeness (QED) is 0.320. The first-order chi connectivity index (χ1) is 15.0. The maximum absolute atomic E-state index is 5.99. The van der Waals surface area contributed by atoms with Gasteiger partial charge in [0.25, 0.3) is 0 Å². The van der Waals surface area contributed by atoms with Crippen LogP contribution in [-0.2, 0) is 0 Å². The Morgan fingerprint density at radius 1 is 0.484 bits per heavy atom. The molecule has 0 N–H and O–H groups in total. The van der Waals surface area contributed by atoms with E-state index in [1.54, 1.807) is 50.2 Å². The topological polar surface area (TPSA) is 88.5 Å². The first kappa shape index (κ1) is 18.8. The van der Waals surface area contributed by atoms with Crippen molar-refractivity contribution in [1.29, 1.82) is 0 Å². The smallest absolute Gasteiger partial charge is 0.226 e. The first-order valence-electron chi connectivity index (χ1n) is 9.63. The Labute approximate surface area is 178 Å². The SMILES string of the molecule is Cc1cc2cc(c1)Oc1cc(nc(C)n1)Oc1cccc(c1)Oc1cc(nc(C)n1)O2. The van der Waals surface area contributed by atoms with Crippen molar-refractivity contribution in [2.24, 2.45) is 0 Å². The highest BCUT2D eigenvalue weighted by atomic mass is 16.5. The van der Waals surface area contributed by atoms with Gasteiger partial charge in [-0.15, -0.1) is 0 Å². The van der Waals surface area contributed by atoms with Crippen molar-refractivity contribution in [1.82, 2.24) is 19.9 Å². The molecule has 31 heavy (non-hydrogen) atoms. The highest BCUT2D eigenvalue weighted by Crippen LogP contribution is 2.33. The molecule has 0 radical (unpaired) electrons. The minimum atomic E-state index is 0.357. The summed E-state index contributed by atoms with van der Waals surface area (Å²) < 4.78 is 23.8. The Morgan fingerprint density at radius 3 is 1.32 bits per heavy atom. The third-order valence-corrected chi connectivity index (χ3v) is 4.30. The van der Waals surface area contributed by atoms with Crippen LogP contribution < -0.4 is 18.9 Å². The van der Waals surface area contributed by atoms with Gasteiger partial charge in [-0.1, -0.05) is 6.07 Å². The van der Waals surface area contributed by atoms with Crippen molar-refractivity contribution >= 4 is 0 Å². The molecule has 0 atom stereocenters. The molecule has 154 valence electrons. The fraction of sp³-hybridized carbons (Fsp3) is 0.130. The summed E-state index contributed by atoms with van der Waals surface area (Å²) in [6.45, 7) is 5.49. The average molecular weight is 414 g/mol. The van der Waals surface area contributed by atoms with Crippen molar-refractivity contribution in [3.8, 4) is 46.5 Å². The van der Waals surface area contributed by atoms with Crippen LogP contribution in [0.4, 0.5) is 0 Å². The normalized spacial score (nSPS) is 12.1. The van der Waals surface area contributed by atoms with E-state index in [0.717, 1.165) is 5.56 Å². The van der Waals surface area contributed by atoms with Gasteiger partial charge < -0.3 is 18.9 Å². The highest BCUT2D eigenvalue weighted by molar-refractivity contribution is 5.43. The molecular weight excluding hydrogens is 396 g/mol. The number of aromatic nitrogens is 4. The third-order valence-electron chi connectivity index (χ3n) is 4.30. The number of benzene rings is 2. The van der Waals surface area contributed by atoms with Crippen LogP contribution in [0.1, 0.15) is 17.2 Å². The van der Waals surface area contributed by atoms with E-state index in [0.29, 0.717) is 58.2 Å². The zero-order chi connectivity index (χ0) is 21.4. The summed E-state index contributed by atoms with van der Waals surface area (Å²) in [6, 6.07) is 16.0. The largest absolute Gasteiger partial charge is 0.439 e. The van der Waals surface area contributed by atoms with E-state index in [9.17, 15) is 0 Å². The van der Waals surface area contributed by atoms with Crippen LogP contribution in [0.5, 0.6) is 46.5 Å². The van der Waals surface area contributed by atoms with E-state index < -0.39 is 0 Å². The molecule has 0 amide bonds. The van der Waals surface area contributed by atoms with Crippen molar-refractivity contribution in [2.45, 2.75) is 20.8 Å². The van der Waals surface area contributed by atoms with Gasteiger partial charge in [0.2, 0.25) is 23.5 Å². The summed E-state index contributed by atoms with van der Waals surface area (Å²) in [6.07, 6.45) is 0. The van der Waals surface area contributed by atoms with Gasteiger partial charge >= 0.3 is 0 Å². The lowest BCUT2D eigenvalue weighted by Crippen LogP contribution is -1.99. The van der Waals surface area contributed by atoms with E-state index in [2.05, 4.69) is 19.9 Å². The summed E-state index contributed by atoms with van der Waals surface area (Å²) in [4.78, 5) is 17.4. The fourth-order valence-electron chi connectivity index (χ4n) is 3.15. The van der Waals surface area contributed by atoms with Gasteiger partial charge in [-0.2, -0.15) is 19.9 Å². The number of hydrogen-bond donors (Lipinski definition) is 0. The van der Waals surface area contributed by atoms with Crippen LogP contribution in [0.25, 0.3) is 0 Å². The van der Waals surface area contributed by atoms with Gasteiger partial charge in [-0.05, 0) is 50.6 Å². The Morgan fingerprint density at radius 2 is 0.871 bits per heavy atom. The van der Waals surface area contributed by atoms with Crippen LogP contribution in [-0.4, -0.2) is 19.9 Å². The van der Waals surface area contributed by atoms with Gasteiger partial charge in [0.15, 0.2) is 0 Å². The molecule has 0 aliphatic carbocycles. The van der Waals surface area contributed by atoms with Gasteiger partial charge in [0, 0.05) is 12.1 Å². The molecule has 2 aromatic carbocycles. The molecule has 3 heterocycles. The Hall–Kier alpha value is -4.20. The van der Waals surface area contributed by atoms with Crippen molar-refractivity contribution in [2.75, 3.05) is 0 Å². The molecule has 0 saturated carbocycles. The minimum absolute atomic E-state index is 0.357. The molecule has 0 saturated heterocycles. The summed E-state index contributed by atoms with van der Waals surface area (Å²) >= 11 is 0. The number of hydrogen-bond acceptors (Lipinski definition) is 8. The van der Waals surface area contributed by atoms with Crippen LogP contribution in [0, 0.1) is 20.8 Å². The standard InChI is InChI=1S/C23H18N4O4/c1-13-7-18-10-19(8-13)31-23-12-21(25-15(3)27-23)29-17-6-4-5-16(9-17)28-20-11-22(30-18)26-14(2)24-20/h4-12H,1-3H3. The van der Waals surface area contributed by atoms with Crippen molar-refractivity contribution in [3.63, 3.8) is 0 Å². The van der Waals surface area contributed by atoms with Gasteiger partial charge in [0.05, 0.1) is 12.1 Å². The van der Waals surface area contributed by atoms with E-state index in [-0.39, 0.29) is 0 Å². The molecule has 8 bridgehead atoms. The Balaban J connectivity index is 1.65. The van der Waals surface area contributed by atoms with Crippen molar-refractivity contribution in [3.05, 3.63) is 71.8 Å². The van der Waals surface area contributed by atoms with Crippen LogP contribution >= 0.6 is 0 Å². The van der Waals surface area contributed by atoms with E-state index in [1.807, 2.05) is 25.1 Å². The third kappa shape index (κ3) is 4.37. The number of aryl methyl sites for hydroxylation is 3. The van der Waals surface area contributed by atoms with Crippen LogP contribution in [0.15, 0.2) is 54.6 Å². The van der Waals surface area contributed by atoms with Crippen molar-refractivity contribution < 1.29 is 18.9 Å². The number of ether oxygens (including phenoxy) is 4. The second-order valence-electron chi connectivity index (χ2n) is 7.05. The highest BCUT2D eigenvalue weighted by Gasteiger charge is 2.12. The predicted molar refractivity (Wildman–Crippen MR) is 111 cm³/mol. The molecule has 0 unspecified atom stereocenters. The minimum Gasteiger partial charge on any atom is -0.439 e. The average Bonchev–Trinajstić information content (AvgIpc) is 2.66. The van der Waals surface area contributed by atoms with E-state index in [1.165, 1.54) is 0 Å². The second-order valence-corrected chi connectivity index (χ2v) is 7.05. The maximum Gasteiger partial charge on any atom is 0.226 e. The molecule has 1 aliphatic heterocycles. The second kappa shape index (κ2) is 7.56. The lowest BCUT2D eigenvalue weighted by atomic mass is 10.2. The van der Waals surface area contributed by atoms with E-state index in [4.69, 9.17) is 18.9 Å². The Kier molecular flexibility index (Phi) is 4.59. The fourth-order valence-corrected chi connectivity index (χ4v) is 3.15. The molecule has 5 rings (SSSR count). The van der Waals surface area contributed by atoms with Gasteiger partial charge in [-0.25, -0.2) is 0 Å². The lowest BCUT2D eigenvalue weighted by Gasteiger charge is -2.13. The first-order valence-corrected chi connectivity index (χ1v) is 9.63. The molecule has 1 aliphatic rings. The number of fused-ring (bicyclic) bond motifs is 8. The monoisotopic (exact) mass is 414 g/mol. The predicted octanol–water partition coefficient (Wildman–Crippen LogP) is 5.67. The zero-order valence-corrected chi connectivity index (χ0v) is 17.1. The lowest BCUT2D eigenvalue weighted by molar-refractivity contribution is 0.412. The molecule has 8 heteroatoms. The summed E-state index contributed by atoms with van der Waals surface area (Å²) in [5.41, 5.74) is 0.952. The van der Waals surface area contributed by atoms with E-state index >= 15 is 0 Å². The molecule has 4 aromatic rings. The van der Waals surface area contributed by atoms with Crippen LogP contribution in [0.2, 0.25) is 0 Å². The number of nitrogens with zero attached hydrogens (tertiary/aromatic N) is 4. The summed E-state index contributed by atoms with van der Waals surface area (Å²) in [7, 11) is 0. The summed E-state index contributed by atoms with van der Waals surface area (Å²) in [5.74, 6) is 4.70. The summed E-state index contributed by atoms with van der Waals surface area (Å²) in [5, 5.41) is 0. The zero-order valence-electron chi connectivity index (χ0n) is 17.1. The van der Waals surface area contributed by atoms with Gasteiger partial charge in [0.1, 0.15) is 34.6 Å². The molecule has 0 fully saturated rings. The molecule has 0 spiro atoms. The molecular formula is C23H18N4O4. The van der Waals surface area contributed by atoms with Gasteiger partial charge in [-0.3, -0.25) is 0 Å². The Bertz CT molecular complexity index is 1200. The number of rotatable bonds is 0. The molecule has 2 aromatic heterocycles. The van der Waals surface area contributed by atoms with Crippen LogP contribution in [0.3, 0.4) is 0 Å².